The van der Waals surface area contributed by atoms with Gasteiger partial charge in [0.05, 0.1) is 26.6 Å². The maximum atomic E-state index is 13.1. The molecule has 0 spiro atoms. The van der Waals surface area contributed by atoms with Gasteiger partial charge in [-0.05, 0) is 23.8 Å². The topological polar surface area (TPSA) is 92.6 Å². The number of carbonyl (C=O) groups is 1. The van der Waals surface area contributed by atoms with E-state index < -0.39 is 12.2 Å². The van der Waals surface area contributed by atoms with Gasteiger partial charge in [0.15, 0.2) is 0 Å². The average Bonchev–Trinajstić information content (AvgIpc) is 2.72. The minimum atomic E-state index is -3.20. The van der Waals surface area contributed by atoms with Crippen molar-refractivity contribution in [1.82, 2.24) is 4.90 Å². The lowest BCUT2D eigenvalue weighted by molar-refractivity contribution is -0.770. The number of halogens is 2. The van der Waals surface area contributed by atoms with Crippen molar-refractivity contribution >= 4 is 24.3 Å². The van der Waals surface area contributed by atoms with E-state index in [1.807, 2.05) is 6.08 Å². The SMILES string of the molecule is CN=CN=CC/C(=C/CC(=O)[N+](C)(C)C1=CCC(OC(C)(F)F)C=C1)C(=NC)N1CC(N)C1. The summed E-state index contributed by atoms with van der Waals surface area (Å²) in [4.78, 5) is 27.6. The molecule has 10 heteroatoms. The third-order valence-corrected chi connectivity index (χ3v) is 5.50. The third-order valence-electron chi connectivity index (χ3n) is 5.50. The van der Waals surface area contributed by atoms with Crippen molar-refractivity contribution in [3.63, 3.8) is 0 Å². The van der Waals surface area contributed by atoms with Crippen molar-refractivity contribution < 1.29 is 22.8 Å². The summed E-state index contributed by atoms with van der Waals surface area (Å²) in [6.45, 7) is 2.14. The molecule has 1 amide bonds. The Morgan fingerprint density at radius 3 is 2.55 bits per heavy atom. The number of hydrogen-bond acceptors (Lipinski definition) is 5. The molecule has 0 radical (unpaired) electrons. The van der Waals surface area contributed by atoms with Crippen LogP contribution in [0, 0.1) is 0 Å². The number of nitrogens with zero attached hydrogens (tertiary/aromatic N) is 5. The van der Waals surface area contributed by atoms with Gasteiger partial charge in [0.1, 0.15) is 17.9 Å². The minimum absolute atomic E-state index is 0.0146. The number of allylic oxidation sites excluding steroid dienone is 1. The van der Waals surface area contributed by atoms with E-state index in [9.17, 15) is 13.6 Å². The second-order valence-corrected chi connectivity index (χ2v) is 8.59. The van der Waals surface area contributed by atoms with Crippen molar-refractivity contribution in [1.29, 1.82) is 0 Å². The van der Waals surface area contributed by atoms with E-state index in [4.69, 9.17) is 10.5 Å². The monoisotopic (exact) mass is 465 g/mol. The molecule has 1 fully saturated rings. The molecular formula is C23H35F2N6O2+. The summed E-state index contributed by atoms with van der Waals surface area (Å²) in [7, 11) is 6.92. The molecule has 1 heterocycles. The highest BCUT2D eigenvalue weighted by molar-refractivity contribution is 6.01. The predicted molar refractivity (Wildman–Crippen MR) is 128 cm³/mol. The van der Waals surface area contributed by atoms with Gasteiger partial charge in [0.25, 0.3) is 0 Å². The predicted octanol–water partition coefficient (Wildman–Crippen LogP) is 2.54. The fourth-order valence-corrected chi connectivity index (χ4v) is 3.64. The number of aliphatic imine (C=N–C) groups is 3. The molecule has 0 saturated carbocycles. The summed E-state index contributed by atoms with van der Waals surface area (Å²) in [5.41, 5.74) is 7.54. The minimum Gasteiger partial charge on any atom is -0.353 e. The first kappa shape index (κ1) is 26.7. The molecule has 1 aliphatic carbocycles. The Labute approximate surface area is 194 Å². The highest BCUT2D eigenvalue weighted by Crippen LogP contribution is 2.26. The van der Waals surface area contributed by atoms with E-state index in [-0.39, 0.29) is 29.3 Å². The molecule has 2 aliphatic rings. The highest BCUT2D eigenvalue weighted by Gasteiger charge is 2.33. The normalized spacial score (nSPS) is 21.2. The zero-order valence-electron chi connectivity index (χ0n) is 20.0. The van der Waals surface area contributed by atoms with Gasteiger partial charge in [-0.2, -0.15) is 8.78 Å². The van der Waals surface area contributed by atoms with E-state index in [1.165, 1.54) is 6.34 Å². The zero-order chi connectivity index (χ0) is 24.6. The summed E-state index contributed by atoms with van der Waals surface area (Å²) >= 11 is 0. The van der Waals surface area contributed by atoms with E-state index in [2.05, 4.69) is 19.9 Å². The van der Waals surface area contributed by atoms with Gasteiger partial charge in [0, 0.05) is 59.2 Å². The first-order valence-electron chi connectivity index (χ1n) is 10.9. The lowest BCUT2D eigenvalue weighted by Crippen LogP contribution is -2.58. The number of ether oxygens (including phenoxy) is 1. The Kier molecular flexibility index (Phi) is 9.33. The van der Waals surface area contributed by atoms with Gasteiger partial charge >= 0.3 is 12.0 Å². The lowest BCUT2D eigenvalue weighted by atomic mass is 10.0. The quantitative estimate of drug-likeness (QED) is 0.322. The number of likely N-dealkylation sites (N-methyl/N-ethyl adjacent to an activating group) is 1. The smallest absolute Gasteiger partial charge is 0.353 e. The molecule has 182 valence electrons. The highest BCUT2D eigenvalue weighted by atomic mass is 19.3. The van der Waals surface area contributed by atoms with Gasteiger partial charge in [-0.25, -0.2) is 14.3 Å². The Balaban J connectivity index is 2.12. The Morgan fingerprint density at radius 2 is 2.03 bits per heavy atom. The average molecular weight is 466 g/mol. The van der Waals surface area contributed by atoms with Crippen LogP contribution in [0.25, 0.3) is 0 Å². The van der Waals surface area contributed by atoms with E-state index in [0.29, 0.717) is 19.5 Å². The Morgan fingerprint density at radius 1 is 1.33 bits per heavy atom. The number of quaternary nitrogens is 1. The summed E-state index contributed by atoms with van der Waals surface area (Å²) in [5, 5.41) is 0. The van der Waals surface area contributed by atoms with Gasteiger partial charge < -0.3 is 15.4 Å². The molecule has 0 aromatic rings. The molecule has 1 saturated heterocycles. The van der Waals surface area contributed by atoms with Gasteiger partial charge in [-0.1, -0.05) is 6.08 Å². The van der Waals surface area contributed by atoms with Crippen molar-refractivity contribution in [2.75, 3.05) is 41.3 Å². The number of nitrogens with two attached hydrogens (primary N) is 1. The molecule has 0 aromatic carbocycles. The van der Waals surface area contributed by atoms with E-state index in [1.54, 1.807) is 52.6 Å². The lowest BCUT2D eigenvalue weighted by Gasteiger charge is -2.40. The summed E-state index contributed by atoms with van der Waals surface area (Å²) in [6, 6.07) is 0.117. The summed E-state index contributed by atoms with van der Waals surface area (Å²) in [5.74, 6) is 0.748. The van der Waals surface area contributed by atoms with Crippen molar-refractivity contribution in [2.45, 2.75) is 44.4 Å². The third kappa shape index (κ3) is 7.76. The fraction of sp³-hybridized carbons (Fsp3) is 0.565. The number of alkyl halides is 2. The molecule has 0 aromatic heterocycles. The Bertz CT molecular complexity index is 878. The molecule has 1 aliphatic heterocycles. The van der Waals surface area contributed by atoms with Crippen LogP contribution in [0.4, 0.5) is 8.78 Å². The summed E-state index contributed by atoms with van der Waals surface area (Å²) < 4.78 is 30.9. The zero-order valence-corrected chi connectivity index (χ0v) is 20.0. The number of carbonyl (C=O) groups excluding carboxylic acids is 1. The van der Waals surface area contributed by atoms with Crippen LogP contribution in [0.2, 0.25) is 0 Å². The number of likely N-dealkylation sites (tertiary alicyclic amines) is 1. The first-order valence-corrected chi connectivity index (χ1v) is 10.9. The molecule has 0 bridgehead atoms. The molecule has 1 atom stereocenters. The van der Waals surface area contributed by atoms with Gasteiger partial charge in [-0.15, -0.1) is 0 Å². The fourth-order valence-electron chi connectivity index (χ4n) is 3.64. The van der Waals surface area contributed by atoms with Crippen molar-refractivity contribution in [2.24, 2.45) is 20.7 Å². The summed E-state index contributed by atoms with van der Waals surface area (Å²) in [6.07, 6.45) is 7.12. The van der Waals surface area contributed by atoms with Gasteiger partial charge in [-0.3, -0.25) is 9.98 Å². The van der Waals surface area contributed by atoms with Crippen LogP contribution in [0.15, 0.2) is 50.6 Å². The maximum absolute atomic E-state index is 13.1. The second-order valence-electron chi connectivity index (χ2n) is 8.59. The molecule has 1 unspecified atom stereocenters. The van der Waals surface area contributed by atoms with E-state index >= 15 is 0 Å². The molecule has 33 heavy (non-hydrogen) atoms. The second kappa shape index (κ2) is 11.5. The van der Waals surface area contributed by atoms with E-state index in [0.717, 1.165) is 24.0 Å². The number of amides is 1. The van der Waals surface area contributed by atoms with Crippen LogP contribution in [-0.2, 0) is 9.53 Å². The van der Waals surface area contributed by atoms with Crippen LogP contribution in [0.1, 0.15) is 26.2 Å². The van der Waals surface area contributed by atoms with Crippen molar-refractivity contribution in [3.8, 4) is 0 Å². The molecule has 8 nitrogen and oxygen atoms in total. The molecule has 2 rings (SSSR count). The van der Waals surface area contributed by atoms with Crippen LogP contribution >= 0.6 is 0 Å². The number of rotatable bonds is 9. The maximum Gasteiger partial charge on any atom is 0.353 e. The number of hydrogen-bond donors (Lipinski definition) is 1. The number of amidine groups is 1. The first-order chi connectivity index (χ1) is 15.5. The molecule has 2 N–H and O–H groups in total. The molecular weight excluding hydrogens is 430 g/mol. The van der Waals surface area contributed by atoms with Crippen molar-refractivity contribution in [3.05, 3.63) is 35.6 Å². The van der Waals surface area contributed by atoms with Crippen LogP contribution in [0.3, 0.4) is 0 Å². The van der Waals surface area contributed by atoms with Crippen LogP contribution in [-0.4, -0.2) is 93.2 Å². The Hall–Kier alpha value is -2.56. The van der Waals surface area contributed by atoms with Crippen LogP contribution in [0.5, 0.6) is 0 Å². The standard InChI is InChI=1S/C23H35F2N6O2/c1-23(24,25)33-20-9-7-19(8-10-20)31(4,5)21(32)11-6-17(12-13-29-16-27-2)22(28-3)30-14-18(26)15-30/h6-9,13,16,18,20H,10-12,14-15,26H2,1-5H3/q+1/b17-6-,27-16?,28-22?,29-13?. The van der Waals surface area contributed by atoms with Crippen LogP contribution < -0.4 is 5.73 Å². The largest absolute Gasteiger partial charge is 0.353 e. The van der Waals surface area contributed by atoms with Gasteiger partial charge in [0.2, 0.25) is 0 Å².